The summed E-state index contributed by atoms with van der Waals surface area (Å²) in [4.78, 5) is 17.7. The van der Waals surface area contributed by atoms with Crippen LogP contribution in [0, 0.1) is 0 Å². The molecule has 0 unspecified atom stereocenters. The van der Waals surface area contributed by atoms with Crippen molar-refractivity contribution in [3.05, 3.63) is 77.0 Å². The van der Waals surface area contributed by atoms with E-state index in [-0.39, 0.29) is 5.43 Å². The summed E-state index contributed by atoms with van der Waals surface area (Å²) in [5.74, 6) is 1.55. The second-order valence-electron chi connectivity index (χ2n) is 8.26. The standard InChI is InChI=1S/C27H28N2O4/c1-31-24-12-5-3-10-22(24)29-17-15-28(16-18-29)14-7-19-32-25-13-6-9-21-26(30)20-8-2-4-11-23(20)33-27(21)25/h2-6,8-13H,7,14-19H2,1H3. The minimum absolute atomic E-state index is 0.0229. The van der Waals surface area contributed by atoms with Gasteiger partial charge in [-0.2, -0.15) is 0 Å². The summed E-state index contributed by atoms with van der Waals surface area (Å²) in [7, 11) is 1.72. The van der Waals surface area contributed by atoms with Gasteiger partial charge in [-0.3, -0.25) is 9.69 Å². The van der Waals surface area contributed by atoms with Crippen LogP contribution < -0.4 is 19.8 Å². The SMILES string of the molecule is COc1ccccc1N1CCN(CCCOc2cccc3c(=O)c4ccccc4oc23)CC1. The fourth-order valence-electron chi connectivity index (χ4n) is 4.49. The lowest BCUT2D eigenvalue weighted by Gasteiger charge is -2.36. The second-order valence-corrected chi connectivity index (χ2v) is 8.26. The average Bonchev–Trinajstić information content (AvgIpc) is 2.87. The van der Waals surface area contributed by atoms with E-state index in [2.05, 4.69) is 21.9 Å². The lowest BCUT2D eigenvalue weighted by atomic mass is 10.1. The van der Waals surface area contributed by atoms with Crippen LogP contribution >= 0.6 is 0 Å². The molecule has 170 valence electrons. The highest BCUT2D eigenvalue weighted by atomic mass is 16.5. The predicted octanol–water partition coefficient (Wildman–Crippen LogP) is 4.55. The Hall–Kier alpha value is -3.51. The zero-order valence-electron chi connectivity index (χ0n) is 18.8. The zero-order valence-corrected chi connectivity index (χ0v) is 18.8. The van der Waals surface area contributed by atoms with Crippen molar-refractivity contribution in [2.24, 2.45) is 0 Å². The average molecular weight is 445 g/mol. The third-order valence-corrected chi connectivity index (χ3v) is 6.24. The van der Waals surface area contributed by atoms with Gasteiger partial charge in [0.05, 0.1) is 30.2 Å². The van der Waals surface area contributed by atoms with Gasteiger partial charge in [0.1, 0.15) is 11.3 Å². The molecule has 0 spiro atoms. The number of anilines is 1. The van der Waals surface area contributed by atoms with Gasteiger partial charge in [0.15, 0.2) is 11.3 Å². The molecule has 33 heavy (non-hydrogen) atoms. The van der Waals surface area contributed by atoms with Gasteiger partial charge in [-0.1, -0.05) is 30.3 Å². The number of rotatable bonds is 7. The molecule has 5 rings (SSSR count). The van der Waals surface area contributed by atoms with Crippen LogP contribution in [0.1, 0.15) is 6.42 Å². The van der Waals surface area contributed by atoms with Crippen LogP contribution in [0.25, 0.3) is 21.9 Å². The molecule has 0 N–H and O–H groups in total. The topological polar surface area (TPSA) is 55.2 Å². The molecule has 1 saturated heterocycles. The third-order valence-electron chi connectivity index (χ3n) is 6.24. The third kappa shape index (κ3) is 4.39. The molecule has 0 amide bonds. The lowest BCUT2D eigenvalue weighted by molar-refractivity contribution is 0.224. The first-order chi connectivity index (χ1) is 16.2. The predicted molar refractivity (Wildman–Crippen MR) is 132 cm³/mol. The molecule has 0 saturated carbocycles. The molecule has 3 aromatic carbocycles. The Morgan fingerprint density at radius 1 is 0.848 bits per heavy atom. The Bertz CT molecular complexity index is 1310. The summed E-state index contributed by atoms with van der Waals surface area (Å²) in [5, 5.41) is 1.15. The van der Waals surface area contributed by atoms with Gasteiger partial charge in [-0.05, 0) is 42.8 Å². The van der Waals surface area contributed by atoms with E-state index in [9.17, 15) is 4.79 Å². The largest absolute Gasteiger partial charge is 0.495 e. The first-order valence-corrected chi connectivity index (χ1v) is 11.4. The van der Waals surface area contributed by atoms with Gasteiger partial charge in [0.2, 0.25) is 5.43 Å². The van der Waals surface area contributed by atoms with Crippen LogP contribution in [0.5, 0.6) is 11.5 Å². The molecule has 1 aliphatic heterocycles. The number of hydrogen-bond acceptors (Lipinski definition) is 6. The number of para-hydroxylation sites is 4. The van der Waals surface area contributed by atoms with E-state index in [1.807, 2.05) is 42.5 Å². The number of hydrogen-bond donors (Lipinski definition) is 0. The highest BCUT2D eigenvalue weighted by Crippen LogP contribution is 2.29. The van der Waals surface area contributed by atoms with Gasteiger partial charge in [-0.15, -0.1) is 0 Å². The summed E-state index contributed by atoms with van der Waals surface area (Å²) in [6.07, 6.45) is 0.906. The van der Waals surface area contributed by atoms with Crippen LogP contribution in [0.15, 0.2) is 75.9 Å². The monoisotopic (exact) mass is 444 g/mol. The zero-order chi connectivity index (χ0) is 22.6. The van der Waals surface area contributed by atoms with Crippen molar-refractivity contribution in [3.8, 4) is 11.5 Å². The van der Waals surface area contributed by atoms with Crippen molar-refractivity contribution < 1.29 is 13.9 Å². The number of piperazine rings is 1. The highest BCUT2D eigenvalue weighted by Gasteiger charge is 2.19. The fraction of sp³-hybridized carbons (Fsp3) is 0.296. The van der Waals surface area contributed by atoms with Crippen molar-refractivity contribution in [1.29, 1.82) is 0 Å². The Labute approximate surface area is 192 Å². The lowest BCUT2D eigenvalue weighted by Crippen LogP contribution is -2.46. The minimum atomic E-state index is -0.0229. The first-order valence-electron chi connectivity index (χ1n) is 11.4. The Kier molecular flexibility index (Phi) is 6.17. The van der Waals surface area contributed by atoms with Crippen LogP contribution in [-0.2, 0) is 0 Å². The molecular weight excluding hydrogens is 416 g/mol. The van der Waals surface area contributed by atoms with Gasteiger partial charge in [0.25, 0.3) is 0 Å². The van der Waals surface area contributed by atoms with Crippen LogP contribution in [0.3, 0.4) is 0 Å². The van der Waals surface area contributed by atoms with Gasteiger partial charge >= 0.3 is 0 Å². The Morgan fingerprint density at radius 3 is 2.42 bits per heavy atom. The number of methoxy groups -OCH3 is 1. The molecule has 2 heterocycles. The van der Waals surface area contributed by atoms with Gasteiger partial charge < -0.3 is 18.8 Å². The molecule has 1 fully saturated rings. The minimum Gasteiger partial charge on any atom is -0.495 e. The maximum atomic E-state index is 12.8. The molecular formula is C27H28N2O4. The van der Waals surface area contributed by atoms with Gasteiger partial charge in [0, 0.05) is 32.7 Å². The summed E-state index contributed by atoms with van der Waals surface area (Å²) < 4.78 is 17.6. The molecule has 0 bridgehead atoms. The maximum Gasteiger partial charge on any atom is 0.200 e. The molecule has 1 aromatic heterocycles. The smallest absolute Gasteiger partial charge is 0.200 e. The maximum absolute atomic E-state index is 12.8. The van der Waals surface area contributed by atoms with Crippen LogP contribution in [0.2, 0.25) is 0 Å². The van der Waals surface area contributed by atoms with Crippen molar-refractivity contribution >= 4 is 27.6 Å². The molecule has 4 aromatic rings. The summed E-state index contributed by atoms with van der Waals surface area (Å²) in [5.41, 5.74) is 2.24. The van der Waals surface area contributed by atoms with E-state index in [1.165, 1.54) is 0 Å². The summed E-state index contributed by atoms with van der Waals surface area (Å²) in [6, 6.07) is 21.0. The van der Waals surface area contributed by atoms with Crippen molar-refractivity contribution in [2.75, 3.05) is 51.3 Å². The summed E-state index contributed by atoms with van der Waals surface area (Å²) >= 11 is 0. The number of fused-ring (bicyclic) bond motifs is 2. The van der Waals surface area contributed by atoms with Crippen molar-refractivity contribution in [1.82, 2.24) is 4.90 Å². The van der Waals surface area contributed by atoms with E-state index in [0.717, 1.165) is 50.6 Å². The van der Waals surface area contributed by atoms with E-state index >= 15 is 0 Å². The Morgan fingerprint density at radius 2 is 1.58 bits per heavy atom. The molecule has 6 nitrogen and oxygen atoms in total. The van der Waals surface area contributed by atoms with Crippen molar-refractivity contribution in [2.45, 2.75) is 6.42 Å². The van der Waals surface area contributed by atoms with Crippen LogP contribution in [0.4, 0.5) is 5.69 Å². The molecule has 0 aliphatic carbocycles. The first kappa shape index (κ1) is 21.3. The van der Waals surface area contributed by atoms with E-state index in [1.54, 1.807) is 19.2 Å². The summed E-state index contributed by atoms with van der Waals surface area (Å²) in [6.45, 7) is 5.51. The molecule has 1 aliphatic rings. The molecule has 0 atom stereocenters. The number of ether oxygens (including phenoxy) is 2. The molecule has 0 radical (unpaired) electrons. The van der Waals surface area contributed by atoms with Gasteiger partial charge in [-0.25, -0.2) is 0 Å². The number of benzene rings is 3. The van der Waals surface area contributed by atoms with Crippen LogP contribution in [-0.4, -0.2) is 51.3 Å². The molecule has 6 heteroatoms. The van der Waals surface area contributed by atoms with E-state index in [0.29, 0.717) is 34.3 Å². The normalized spacial score (nSPS) is 14.6. The van der Waals surface area contributed by atoms with E-state index < -0.39 is 0 Å². The fourth-order valence-corrected chi connectivity index (χ4v) is 4.49. The van der Waals surface area contributed by atoms with E-state index in [4.69, 9.17) is 13.9 Å². The second kappa shape index (κ2) is 9.55. The quantitative estimate of drug-likeness (QED) is 0.308. The highest BCUT2D eigenvalue weighted by molar-refractivity contribution is 5.92. The Balaban J connectivity index is 1.17. The number of nitrogens with zero attached hydrogens (tertiary/aromatic N) is 2. The van der Waals surface area contributed by atoms with Crippen molar-refractivity contribution in [3.63, 3.8) is 0 Å².